The van der Waals surface area contributed by atoms with Crippen LogP contribution in [0.15, 0.2) is 0 Å². The van der Waals surface area contributed by atoms with E-state index in [0.29, 0.717) is 12.0 Å². The highest BCUT2D eigenvalue weighted by molar-refractivity contribution is 4.74. The maximum atomic E-state index is 5.94. The van der Waals surface area contributed by atoms with Gasteiger partial charge in [-0.25, -0.2) is 0 Å². The van der Waals surface area contributed by atoms with Crippen LogP contribution in [0, 0.1) is 5.92 Å². The molecule has 0 heterocycles. The van der Waals surface area contributed by atoms with Crippen LogP contribution in [0.5, 0.6) is 0 Å². The number of methoxy groups -OCH3 is 1. The van der Waals surface area contributed by atoms with Crippen molar-refractivity contribution >= 4 is 0 Å². The first-order valence-electron chi connectivity index (χ1n) is 6.55. The third-order valence-corrected chi connectivity index (χ3v) is 3.46. The van der Waals surface area contributed by atoms with E-state index in [1.807, 2.05) is 0 Å². The molecule has 0 aromatic heterocycles. The molecule has 2 N–H and O–H groups in total. The van der Waals surface area contributed by atoms with E-state index < -0.39 is 0 Å². The van der Waals surface area contributed by atoms with Gasteiger partial charge in [0.15, 0.2) is 0 Å². The van der Waals surface area contributed by atoms with Gasteiger partial charge in [-0.1, -0.05) is 20.8 Å². The molecule has 2 unspecified atom stereocenters. The molecular formula is C13H30N2O. The zero-order chi connectivity index (χ0) is 12.6. The van der Waals surface area contributed by atoms with Crippen molar-refractivity contribution in [3.8, 4) is 0 Å². The minimum absolute atomic E-state index is 0.263. The average molecular weight is 230 g/mol. The molecule has 16 heavy (non-hydrogen) atoms. The summed E-state index contributed by atoms with van der Waals surface area (Å²) in [7, 11) is 1.76. The van der Waals surface area contributed by atoms with Crippen LogP contribution >= 0.6 is 0 Å². The maximum Gasteiger partial charge on any atom is 0.0589 e. The van der Waals surface area contributed by atoms with Crippen molar-refractivity contribution in [2.45, 2.75) is 52.6 Å². The summed E-state index contributed by atoms with van der Waals surface area (Å²) in [4.78, 5) is 2.53. The monoisotopic (exact) mass is 230 g/mol. The third-order valence-electron chi connectivity index (χ3n) is 3.46. The Morgan fingerprint density at radius 2 is 1.75 bits per heavy atom. The maximum absolute atomic E-state index is 5.94. The Kier molecular flexibility index (Phi) is 8.90. The second-order valence-electron chi connectivity index (χ2n) is 4.79. The molecule has 3 heteroatoms. The Labute approximate surface area is 101 Å². The summed E-state index contributed by atoms with van der Waals surface area (Å²) in [6.07, 6.45) is 2.40. The molecule has 0 saturated heterocycles. The van der Waals surface area contributed by atoms with Crippen molar-refractivity contribution in [2.24, 2.45) is 11.7 Å². The van der Waals surface area contributed by atoms with Crippen LogP contribution in [-0.4, -0.2) is 43.8 Å². The van der Waals surface area contributed by atoms with Gasteiger partial charge in [0.05, 0.1) is 6.61 Å². The minimum atomic E-state index is 0.263. The predicted molar refractivity (Wildman–Crippen MR) is 70.6 cm³/mol. The molecule has 98 valence electrons. The smallest absolute Gasteiger partial charge is 0.0589 e. The number of ether oxygens (including phenoxy) is 1. The van der Waals surface area contributed by atoms with Gasteiger partial charge in [-0.3, -0.25) is 4.90 Å². The van der Waals surface area contributed by atoms with Crippen molar-refractivity contribution in [3.63, 3.8) is 0 Å². The van der Waals surface area contributed by atoms with Gasteiger partial charge in [0, 0.05) is 32.3 Å². The SMILES string of the molecule is CCC(CC)N(CCOC)CC(C)C(C)N. The molecule has 2 atom stereocenters. The Hall–Kier alpha value is -0.120. The lowest BCUT2D eigenvalue weighted by atomic mass is 10.0. The zero-order valence-corrected chi connectivity index (χ0v) is 11.7. The molecule has 0 rings (SSSR count). The van der Waals surface area contributed by atoms with Crippen LogP contribution in [0.25, 0.3) is 0 Å². The van der Waals surface area contributed by atoms with Crippen LogP contribution < -0.4 is 5.73 Å². The normalized spacial score (nSPS) is 15.8. The van der Waals surface area contributed by atoms with Crippen molar-refractivity contribution in [1.29, 1.82) is 0 Å². The summed E-state index contributed by atoms with van der Waals surface area (Å²) >= 11 is 0. The van der Waals surface area contributed by atoms with Crippen LogP contribution in [0.1, 0.15) is 40.5 Å². The van der Waals surface area contributed by atoms with Gasteiger partial charge >= 0.3 is 0 Å². The highest BCUT2D eigenvalue weighted by Crippen LogP contribution is 2.12. The summed E-state index contributed by atoms with van der Waals surface area (Å²) in [5.74, 6) is 0.539. The number of hydrogen-bond donors (Lipinski definition) is 1. The molecule has 0 aromatic rings. The van der Waals surface area contributed by atoms with E-state index in [-0.39, 0.29) is 6.04 Å². The molecule has 0 aliphatic carbocycles. The molecule has 0 radical (unpaired) electrons. The van der Waals surface area contributed by atoms with Gasteiger partial charge in [-0.15, -0.1) is 0 Å². The molecule has 0 saturated carbocycles. The van der Waals surface area contributed by atoms with Gasteiger partial charge in [0.25, 0.3) is 0 Å². The fraction of sp³-hybridized carbons (Fsp3) is 1.00. The van der Waals surface area contributed by atoms with E-state index in [2.05, 4.69) is 32.6 Å². The second-order valence-corrected chi connectivity index (χ2v) is 4.79. The first-order chi connectivity index (χ1) is 7.56. The van der Waals surface area contributed by atoms with Gasteiger partial charge in [-0.2, -0.15) is 0 Å². The Morgan fingerprint density at radius 3 is 2.12 bits per heavy atom. The zero-order valence-electron chi connectivity index (χ0n) is 11.7. The summed E-state index contributed by atoms with van der Waals surface area (Å²) in [5.41, 5.74) is 5.94. The Bertz CT molecular complexity index is 158. The van der Waals surface area contributed by atoms with Crippen LogP contribution in [0.2, 0.25) is 0 Å². The van der Waals surface area contributed by atoms with E-state index >= 15 is 0 Å². The molecule has 0 spiro atoms. The van der Waals surface area contributed by atoms with Crippen molar-refractivity contribution < 1.29 is 4.74 Å². The topological polar surface area (TPSA) is 38.5 Å². The quantitative estimate of drug-likeness (QED) is 0.659. The summed E-state index contributed by atoms with van der Waals surface area (Å²) in [6.45, 7) is 11.7. The number of hydrogen-bond acceptors (Lipinski definition) is 3. The first kappa shape index (κ1) is 15.9. The van der Waals surface area contributed by atoms with Crippen molar-refractivity contribution in [2.75, 3.05) is 26.8 Å². The molecule has 3 nitrogen and oxygen atoms in total. The summed E-state index contributed by atoms with van der Waals surface area (Å²) in [6, 6.07) is 0.927. The van der Waals surface area contributed by atoms with E-state index in [1.54, 1.807) is 7.11 Å². The number of nitrogens with zero attached hydrogens (tertiary/aromatic N) is 1. The molecular weight excluding hydrogens is 200 g/mol. The highest BCUT2D eigenvalue weighted by atomic mass is 16.5. The minimum Gasteiger partial charge on any atom is -0.383 e. The van der Waals surface area contributed by atoms with Crippen LogP contribution in [-0.2, 0) is 4.74 Å². The predicted octanol–water partition coefficient (Wildman–Crippen LogP) is 2.11. The molecule has 0 bridgehead atoms. The van der Waals surface area contributed by atoms with Crippen LogP contribution in [0.4, 0.5) is 0 Å². The molecule has 0 amide bonds. The summed E-state index contributed by atoms with van der Waals surface area (Å²) in [5, 5.41) is 0. The summed E-state index contributed by atoms with van der Waals surface area (Å²) < 4.78 is 5.18. The van der Waals surface area contributed by atoms with E-state index in [9.17, 15) is 0 Å². The number of nitrogens with two attached hydrogens (primary N) is 1. The lowest BCUT2D eigenvalue weighted by Gasteiger charge is -2.33. The van der Waals surface area contributed by atoms with E-state index in [0.717, 1.165) is 19.7 Å². The lowest BCUT2D eigenvalue weighted by Crippen LogP contribution is -2.43. The van der Waals surface area contributed by atoms with E-state index in [1.165, 1.54) is 12.8 Å². The standard InChI is InChI=1S/C13H30N2O/c1-6-13(7-2)15(8-9-16-5)10-11(3)12(4)14/h11-13H,6-10,14H2,1-5H3. The highest BCUT2D eigenvalue weighted by Gasteiger charge is 2.18. The average Bonchev–Trinajstić information content (AvgIpc) is 2.26. The molecule has 0 aromatic carbocycles. The van der Waals surface area contributed by atoms with Crippen LogP contribution in [0.3, 0.4) is 0 Å². The van der Waals surface area contributed by atoms with Gasteiger partial charge in [0.2, 0.25) is 0 Å². The van der Waals surface area contributed by atoms with Gasteiger partial charge in [0.1, 0.15) is 0 Å². The Morgan fingerprint density at radius 1 is 1.19 bits per heavy atom. The molecule has 0 aliphatic heterocycles. The third kappa shape index (κ3) is 5.83. The van der Waals surface area contributed by atoms with Gasteiger partial charge in [-0.05, 0) is 25.7 Å². The van der Waals surface area contributed by atoms with Gasteiger partial charge < -0.3 is 10.5 Å². The number of rotatable bonds is 9. The molecule has 0 fully saturated rings. The Balaban J connectivity index is 4.28. The lowest BCUT2D eigenvalue weighted by molar-refractivity contribution is 0.100. The van der Waals surface area contributed by atoms with Crippen molar-refractivity contribution in [1.82, 2.24) is 4.90 Å². The van der Waals surface area contributed by atoms with Crippen molar-refractivity contribution in [3.05, 3.63) is 0 Å². The molecule has 0 aliphatic rings. The fourth-order valence-electron chi connectivity index (χ4n) is 1.97. The largest absolute Gasteiger partial charge is 0.383 e. The first-order valence-corrected chi connectivity index (χ1v) is 6.55. The van der Waals surface area contributed by atoms with E-state index in [4.69, 9.17) is 10.5 Å². The fourth-order valence-corrected chi connectivity index (χ4v) is 1.97. The second kappa shape index (κ2) is 8.97.